The number of anilines is 2. The minimum atomic E-state index is -3.78. The van der Waals surface area contributed by atoms with Crippen molar-refractivity contribution in [3.63, 3.8) is 0 Å². The summed E-state index contributed by atoms with van der Waals surface area (Å²) in [6.45, 7) is 0.535. The minimum absolute atomic E-state index is 0.248. The molecule has 0 radical (unpaired) electrons. The molecule has 0 bridgehead atoms. The maximum Gasteiger partial charge on any atom is 0.264 e. The van der Waals surface area contributed by atoms with Crippen LogP contribution in [0.4, 0.5) is 11.4 Å². The second-order valence-corrected chi connectivity index (χ2v) is 9.55. The number of rotatable bonds is 7. The van der Waals surface area contributed by atoms with Crippen LogP contribution in [0, 0.1) is 0 Å². The van der Waals surface area contributed by atoms with Crippen molar-refractivity contribution in [2.75, 3.05) is 23.2 Å². The first-order chi connectivity index (χ1) is 15.5. The summed E-state index contributed by atoms with van der Waals surface area (Å²) in [6.07, 6.45) is 7.23. The Kier molecular flexibility index (Phi) is 6.44. The van der Waals surface area contributed by atoms with Crippen LogP contribution >= 0.6 is 11.6 Å². The molecule has 162 valence electrons. The summed E-state index contributed by atoms with van der Waals surface area (Å²) in [5, 5.41) is 5.43. The number of fused-ring (bicyclic) bond motifs is 1. The molecule has 1 N–H and O–H groups in total. The van der Waals surface area contributed by atoms with Crippen molar-refractivity contribution in [3.05, 3.63) is 102 Å². The van der Waals surface area contributed by atoms with Crippen LogP contribution in [0.25, 0.3) is 16.8 Å². The number of pyridine rings is 1. The highest BCUT2D eigenvalue weighted by Crippen LogP contribution is 2.32. The van der Waals surface area contributed by atoms with Gasteiger partial charge in [-0.2, -0.15) is 0 Å². The van der Waals surface area contributed by atoms with E-state index in [0.29, 0.717) is 22.6 Å². The number of sulfonamides is 1. The van der Waals surface area contributed by atoms with E-state index in [9.17, 15) is 8.42 Å². The fraction of sp³-hybridized carbons (Fsp3) is 0.0800. The van der Waals surface area contributed by atoms with Crippen molar-refractivity contribution < 1.29 is 8.42 Å². The minimum Gasteiger partial charge on any atom is -0.380 e. The predicted octanol–water partition coefficient (Wildman–Crippen LogP) is 5.84. The molecule has 0 fully saturated rings. The molecule has 1 aromatic heterocycles. The van der Waals surface area contributed by atoms with E-state index in [-0.39, 0.29) is 4.90 Å². The van der Waals surface area contributed by atoms with Crippen molar-refractivity contribution in [3.8, 4) is 0 Å². The van der Waals surface area contributed by atoms with Gasteiger partial charge in [-0.3, -0.25) is 9.29 Å². The van der Waals surface area contributed by atoms with Crippen LogP contribution in [0.15, 0.2) is 96.2 Å². The normalized spacial score (nSPS) is 11.7. The van der Waals surface area contributed by atoms with Gasteiger partial charge in [0.15, 0.2) is 0 Å². The summed E-state index contributed by atoms with van der Waals surface area (Å²) >= 11 is 5.92. The zero-order valence-corrected chi connectivity index (χ0v) is 19.0. The second kappa shape index (κ2) is 9.42. The van der Waals surface area contributed by atoms with Crippen LogP contribution in [0.2, 0.25) is 5.02 Å². The van der Waals surface area contributed by atoms with Crippen LogP contribution in [-0.4, -0.2) is 27.0 Å². The Morgan fingerprint density at radius 1 is 1.00 bits per heavy atom. The lowest BCUT2D eigenvalue weighted by Gasteiger charge is -2.23. The van der Waals surface area contributed by atoms with Gasteiger partial charge < -0.3 is 5.32 Å². The van der Waals surface area contributed by atoms with Gasteiger partial charge in [0.2, 0.25) is 0 Å². The van der Waals surface area contributed by atoms with E-state index in [4.69, 9.17) is 11.6 Å². The van der Waals surface area contributed by atoms with Crippen molar-refractivity contribution in [2.45, 2.75) is 4.90 Å². The van der Waals surface area contributed by atoms with Gasteiger partial charge in [0.1, 0.15) is 0 Å². The lowest BCUT2D eigenvalue weighted by Crippen LogP contribution is -2.27. The number of halogens is 1. The van der Waals surface area contributed by atoms with E-state index < -0.39 is 10.0 Å². The van der Waals surface area contributed by atoms with Crippen molar-refractivity contribution in [2.24, 2.45) is 0 Å². The van der Waals surface area contributed by atoms with Crippen molar-refractivity contribution >= 4 is 49.8 Å². The van der Waals surface area contributed by atoms with Crippen LogP contribution < -0.4 is 9.62 Å². The Labute approximate surface area is 193 Å². The molecule has 5 nitrogen and oxygen atoms in total. The Morgan fingerprint density at radius 3 is 2.59 bits per heavy atom. The number of benzene rings is 3. The van der Waals surface area contributed by atoms with E-state index in [2.05, 4.69) is 10.3 Å². The first-order valence-electron chi connectivity index (χ1n) is 10.0. The van der Waals surface area contributed by atoms with Gasteiger partial charge in [0, 0.05) is 41.8 Å². The molecule has 0 spiro atoms. The topological polar surface area (TPSA) is 62.3 Å². The number of hydrogen-bond donors (Lipinski definition) is 1. The van der Waals surface area contributed by atoms with E-state index in [1.807, 2.05) is 60.7 Å². The van der Waals surface area contributed by atoms with E-state index in [0.717, 1.165) is 16.6 Å². The fourth-order valence-electron chi connectivity index (χ4n) is 3.43. The number of hydrogen-bond acceptors (Lipinski definition) is 4. The fourth-order valence-corrected chi connectivity index (χ4v) is 4.98. The summed E-state index contributed by atoms with van der Waals surface area (Å²) in [5.74, 6) is 0. The first-order valence-corrected chi connectivity index (χ1v) is 11.9. The zero-order chi connectivity index (χ0) is 22.6. The van der Waals surface area contributed by atoms with E-state index >= 15 is 0 Å². The molecule has 1 heterocycles. The van der Waals surface area contributed by atoms with Crippen molar-refractivity contribution in [1.82, 2.24) is 4.98 Å². The quantitative estimate of drug-likeness (QED) is 0.374. The molecule has 3 aromatic carbocycles. The highest BCUT2D eigenvalue weighted by atomic mass is 35.5. The summed E-state index contributed by atoms with van der Waals surface area (Å²) < 4.78 is 28.3. The maximum absolute atomic E-state index is 13.5. The Balaban J connectivity index is 1.58. The average Bonchev–Trinajstić information content (AvgIpc) is 2.82. The van der Waals surface area contributed by atoms with Gasteiger partial charge in [-0.25, -0.2) is 8.42 Å². The van der Waals surface area contributed by atoms with Gasteiger partial charge in [-0.05, 0) is 42.0 Å². The third-order valence-electron chi connectivity index (χ3n) is 5.11. The summed E-state index contributed by atoms with van der Waals surface area (Å²) in [5.41, 5.74) is 2.33. The molecule has 0 aliphatic rings. The van der Waals surface area contributed by atoms with Crippen LogP contribution in [0.3, 0.4) is 0 Å². The third kappa shape index (κ3) is 4.61. The molecule has 0 amide bonds. The molecular weight excluding hydrogens is 442 g/mol. The molecule has 0 aliphatic heterocycles. The van der Waals surface area contributed by atoms with Crippen LogP contribution in [0.5, 0.6) is 0 Å². The summed E-state index contributed by atoms with van der Waals surface area (Å²) in [4.78, 5) is 4.34. The highest BCUT2D eigenvalue weighted by Gasteiger charge is 2.25. The average molecular weight is 464 g/mol. The molecule has 0 unspecified atom stereocenters. The first kappa shape index (κ1) is 21.9. The van der Waals surface area contributed by atoms with Crippen LogP contribution in [-0.2, 0) is 10.0 Å². The molecular formula is C25H22ClN3O2S. The number of aromatic nitrogens is 1. The van der Waals surface area contributed by atoms with E-state index in [1.165, 1.54) is 4.31 Å². The Bertz CT molecular complexity index is 1360. The molecule has 7 heteroatoms. The van der Waals surface area contributed by atoms with Gasteiger partial charge >= 0.3 is 0 Å². The molecule has 0 aliphatic carbocycles. The number of nitrogens with one attached hydrogen (secondary N) is 1. The molecule has 0 saturated heterocycles. The van der Waals surface area contributed by atoms with Gasteiger partial charge in [-0.1, -0.05) is 60.2 Å². The highest BCUT2D eigenvalue weighted by molar-refractivity contribution is 7.93. The zero-order valence-electron chi connectivity index (χ0n) is 17.4. The predicted molar refractivity (Wildman–Crippen MR) is 133 cm³/mol. The maximum atomic E-state index is 13.5. The largest absolute Gasteiger partial charge is 0.380 e. The molecule has 4 rings (SSSR count). The third-order valence-corrected chi connectivity index (χ3v) is 7.19. The van der Waals surface area contributed by atoms with Gasteiger partial charge in [0.25, 0.3) is 10.0 Å². The SMILES string of the molecule is CN(c1ccccc1NCC=Cc1ccc(Cl)cc1)S(=O)(=O)c1cccc2cnccc12. The lowest BCUT2D eigenvalue weighted by atomic mass is 10.2. The molecule has 0 saturated carbocycles. The Morgan fingerprint density at radius 2 is 1.78 bits per heavy atom. The van der Waals surface area contributed by atoms with Gasteiger partial charge in [0.05, 0.1) is 16.3 Å². The molecule has 0 atom stereocenters. The standard InChI is InChI=1S/C25H22ClN3O2S/c1-29(32(30,31)25-10-4-7-20-18-27-17-15-22(20)25)24-9-3-2-8-23(24)28-16-5-6-19-11-13-21(26)14-12-19/h2-15,17-18,28H,16H2,1H3. The lowest BCUT2D eigenvalue weighted by molar-refractivity contribution is 0.595. The smallest absolute Gasteiger partial charge is 0.264 e. The van der Waals surface area contributed by atoms with E-state index in [1.54, 1.807) is 43.7 Å². The molecule has 32 heavy (non-hydrogen) atoms. The summed E-state index contributed by atoms with van der Waals surface area (Å²) in [7, 11) is -2.21. The summed E-state index contributed by atoms with van der Waals surface area (Å²) in [6, 6.07) is 21.8. The van der Waals surface area contributed by atoms with Gasteiger partial charge in [-0.15, -0.1) is 0 Å². The second-order valence-electron chi connectivity index (χ2n) is 7.18. The monoisotopic (exact) mass is 463 g/mol. The number of para-hydroxylation sites is 2. The van der Waals surface area contributed by atoms with Crippen molar-refractivity contribution in [1.29, 1.82) is 0 Å². The number of nitrogens with zero attached hydrogens (tertiary/aromatic N) is 2. The molecule has 4 aromatic rings. The van der Waals surface area contributed by atoms with Crippen LogP contribution in [0.1, 0.15) is 5.56 Å². The Hall–Kier alpha value is -3.35.